The van der Waals surface area contributed by atoms with Crippen LogP contribution in [0.2, 0.25) is 0 Å². The molecule has 1 aliphatic heterocycles. The van der Waals surface area contributed by atoms with Crippen molar-refractivity contribution >= 4 is 23.0 Å². The van der Waals surface area contributed by atoms with E-state index in [-0.39, 0.29) is 28.9 Å². The molecule has 0 saturated carbocycles. The summed E-state index contributed by atoms with van der Waals surface area (Å²) in [5, 5.41) is 38.2. The molecule has 3 heterocycles. The second-order valence-electron chi connectivity index (χ2n) is 11.9. The summed E-state index contributed by atoms with van der Waals surface area (Å²) >= 11 is 0. The zero-order valence-corrected chi connectivity index (χ0v) is 26.8. The highest BCUT2D eigenvalue weighted by atomic mass is 16.6. The van der Waals surface area contributed by atoms with Gasteiger partial charge in [0.25, 0.3) is 5.56 Å². The number of benzene rings is 3. The van der Waals surface area contributed by atoms with E-state index in [0.29, 0.717) is 28.2 Å². The normalized spacial score (nSPS) is 20.2. The minimum absolute atomic E-state index is 0.00354. The predicted molar refractivity (Wildman–Crippen MR) is 176 cm³/mol. The number of anilines is 1. The molecular weight excluding hydrogens is 618 g/mol. The number of H-pyrrole nitrogens is 1. The van der Waals surface area contributed by atoms with Gasteiger partial charge in [-0.2, -0.15) is 4.98 Å². The van der Waals surface area contributed by atoms with Gasteiger partial charge in [-0.3, -0.25) is 24.5 Å². The number of aliphatic hydroxyl groups is 3. The average Bonchev–Trinajstić information content (AvgIpc) is 3.66. The molecule has 5 aromatic rings. The van der Waals surface area contributed by atoms with Crippen LogP contribution in [0.4, 0.5) is 5.95 Å². The number of carbonyl (C=O) groups excluding carboxylic acids is 1. The van der Waals surface area contributed by atoms with Crippen molar-refractivity contribution in [2.75, 3.05) is 19.5 Å². The average molecular weight is 656 g/mol. The molecule has 0 unspecified atom stereocenters. The van der Waals surface area contributed by atoms with E-state index >= 15 is 0 Å². The number of rotatable bonds is 10. The Kier molecular flexibility index (Phi) is 9.03. The van der Waals surface area contributed by atoms with Crippen molar-refractivity contribution in [1.29, 1.82) is 0 Å². The summed E-state index contributed by atoms with van der Waals surface area (Å²) in [4.78, 5) is 36.2. The molecule has 0 aliphatic carbocycles. The minimum atomic E-state index is -1.59. The van der Waals surface area contributed by atoms with Crippen molar-refractivity contribution in [2.45, 2.75) is 49.9 Å². The first-order valence-electron chi connectivity index (χ1n) is 15.4. The van der Waals surface area contributed by atoms with Crippen LogP contribution < -0.4 is 20.3 Å². The Bertz CT molecular complexity index is 1890. The first-order chi connectivity index (χ1) is 23.1. The minimum Gasteiger partial charge on any atom is -0.497 e. The molecule has 1 saturated heterocycles. The molecule has 48 heavy (non-hydrogen) atoms. The number of fused-ring (bicyclic) bond motifs is 1. The van der Waals surface area contributed by atoms with Gasteiger partial charge in [0.15, 0.2) is 17.4 Å². The van der Waals surface area contributed by atoms with Crippen LogP contribution in [0.1, 0.15) is 36.8 Å². The summed E-state index contributed by atoms with van der Waals surface area (Å²) in [7, 11) is 3.12. The van der Waals surface area contributed by atoms with Gasteiger partial charge in [-0.1, -0.05) is 68.4 Å². The number of imidazole rings is 1. The third kappa shape index (κ3) is 5.60. The lowest BCUT2D eigenvalue weighted by Gasteiger charge is -2.42. The molecule has 250 valence electrons. The van der Waals surface area contributed by atoms with Crippen molar-refractivity contribution in [2.24, 2.45) is 5.92 Å². The molecule has 3 aromatic carbocycles. The lowest BCUT2D eigenvalue weighted by atomic mass is 9.64. The van der Waals surface area contributed by atoms with Gasteiger partial charge in [0.1, 0.15) is 35.9 Å². The van der Waals surface area contributed by atoms with Crippen LogP contribution in [0.5, 0.6) is 11.5 Å². The molecule has 5 N–H and O–H groups in total. The van der Waals surface area contributed by atoms with Crippen LogP contribution in [-0.4, -0.2) is 79.4 Å². The second kappa shape index (κ2) is 13.2. The molecule has 0 radical (unpaired) electrons. The first-order valence-corrected chi connectivity index (χ1v) is 15.4. The standard InChI is InChI=1S/C35H37N5O8/c1-19(2)31(44)38-34-37-30-25(32(45)39-34)36-18-40(30)33-27(42)26(41)28(48-33)29(43)35(20-8-6-5-7-9-20,21-10-14-23(46-3)15-11-21)22-12-16-24(47-4)17-13-22/h5-19,26-29,33,41-43H,1-4H3,(H2,37,38,39,44,45)/t26-,27+,28-,29-,33+/m0/s1. The Labute approximate surface area is 275 Å². The second-order valence-corrected chi connectivity index (χ2v) is 11.9. The highest BCUT2D eigenvalue weighted by Crippen LogP contribution is 2.47. The number of amides is 1. The van der Waals surface area contributed by atoms with E-state index in [1.165, 1.54) is 10.9 Å². The van der Waals surface area contributed by atoms with Gasteiger partial charge < -0.3 is 29.5 Å². The number of aromatic amines is 1. The summed E-state index contributed by atoms with van der Waals surface area (Å²) in [6.45, 7) is 3.39. The lowest BCUT2D eigenvalue weighted by molar-refractivity contribution is -0.118. The monoisotopic (exact) mass is 655 g/mol. The number of aromatic nitrogens is 4. The zero-order valence-electron chi connectivity index (χ0n) is 26.8. The van der Waals surface area contributed by atoms with Gasteiger partial charge in [-0.05, 0) is 41.0 Å². The van der Waals surface area contributed by atoms with Crippen molar-refractivity contribution < 1.29 is 34.3 Å². The van der Waals surface area contributed by atoms with Crippen molar-refractivity contribution in [3.63, 3.8) is 0 Å². The van der Waals surface area contributed by atoms with Crippen LogP contribution >= 0.6 is 0 Å². The molecule has 5 atom stereocenters. The number of nitrogens with one attached hydrogen (secondary N) is 2. The summed E-state index contributed by atoms with van der Waals surface area (Å²) in [6, 6.07) is 23.8. The molecule has 1 fully saturated rings. The first kappa shape index (κ1) is 32.8. The molecule has 6 rings (SSSR count). The maximum Gasteiger partial charge on any atom is 0.280 e. The van der Waals surface area contributed by atoms with E-state index in [1.807, 2.05) is 54.6 Å². The molecule has 1 aliphatic rings. The highest BCUT2D eigenvalue weighted by molar-refractivity contribution is 5.91. The summed E-state index contributed by atoms with van der Waals surface area (Å²) in [6.07, 6.45) is -6.08. The molecule has 13 nitrogen and oxygen atoms in total. The Morgan fingerprint density at radius 3 is 2.02 bits per heavy atom. The van der Waals surface area contributed by atoms with E-state index in [9.17, 15) is 24.9 Å². The number of hydrogen-bond donors (Lipinski definition) is 5. The topological polar surface area (TPSA) is 181 Å². The zero-order chi connectivity index (χ0) is 34.2. The van der Waals surface area contributed by atoms with Gasteiger partial charge in [0, 0.05) is 5.92 Å². The van der Waals surface area contributed by atoms with Crippen LogP contribution in [-0.2, 0) is 14.9 Å². The van der Waals surface area contributed by atoms with E-state index in [2.05, 4.69) is 20.3 Å². The van der Waals surface area contributed by atoms with E-state index in [4.69, 9.17) is 14.2 Å². The number of aliphatic hydroxyl groups excluding tert-OH is 3. The van der Waals surface area contributed by atoms with E-state index < -0.39 is 41.6 Å². The van der Waals surface area contributed by atoms with Crippen molar-refractivity contribution in [3.05, 3.63) is 112 Å². The van der Waals surface area contributed by atoms with Gasteiger partial charge in [-0.15, -0.1) is 0 Å². The van der Waals surface area contributed by atoms with E-state index in [1.54, 1.807) is 52.3 Å². The Hall–Kier alpha value is -5.08. The quantitative estimate of drug-likeness (QED) is 0.140. The fourth-order valence-corrected chi connectivity index (χ4v) is 6.28. The van der Waals surface area contributed by atoms with Gasteiger partial charge in [-0.25, -0.2) is 4.98 Å². The molecular formula is C35H37N5O8. The van der Waals surface area contributed by atoms with Gasteiger partial charge in [0.2, 0.25) is 11.9 Å². The van der Waals surface area contributed by atoms with Crippen LogP contribution in [0.3, 0.4) is 0 Å². The number of ether oxygens (including phenoxy) is 3. The molecule has 2 aromatic heterocycles. The van der Waals surface area contributed by atoms with Gasteiger partial charge in [0.05, 0.1) is 26.0 Å². The van der Waals surface area contributed by atoms with Crippen LogP contribution in [0.15, 0.2) is 90.0 Å². The van der Waals surface area contributed by atoms with E-state index in [0.717, 1.165) is 0 Å². The lowest BCUT2D eigenvalue weighted by Crippen LogP contribution is -2.52. The molecule has 0 spiro atoms. The Morgan fingerprint density at radius 1 is 0.917 bits per heavy atom. The maximum absolute atomic E-state index is 12.9. The maximum atomic E-state index is 12.9. The summed E-state index contributed by atoms with van der Waals surface area (Å²) in [5.74, 6) is 0.356. The number of methoxy groups -OCH3 is 2. The van der Waals surface area contributed by atoms with Gasteiger partial charge >= 0.3 is 0 Å². The third-order valence-corrected chi connectivity index (χ3v) is 8.82. The number of carbonyl (C=O) groups is 1. The Balaban J connectivity index is 1.48. The third-order valence-electron chi connectivity index (χ3n) is 8.82. The fourth-order valence-electron chi connectivity index (χ4n) is 6.28. The van der Waals surface area contributed by atoms with Crippen LogP contribution in [0.25, 0.3) is 11.2 Å². The molecule has 1 amide bonds. The largest absolute Gasteiger partial charge is 0.497 e. The van der Waals surface area contributed by atoms with Crippen LogP contribution in [0, 0.1) is 5.92 Å². The van der Waals surface area contributed by atoms with Crippen molar-refractivity contribution in [3.8, 4) is 11.5 Å². The molecule has 13 heteroatoms. The summed E-state index contributed by atoms with van der Waals surface area (Å²) < 4.78 is 18.5. The number of hydrogen-bond acceptors (Lipinski definition) is 10. The fraction of sp³-hybridized carbons (Fsp3) is 0.314. The number of nitrogens with zero attached hydrogens (tertiary/aromatic N) is 3. The SMILES string of the molecule is COc1ccc(C(c2ccccc2)(c2ccc(OC)cc2)[C@@H](O)[C@H]2O[C@@H](n3cnc4c(=O)[nH]c(NC(=O)C(C)C)nc43)[C@H](O)[C@@H]2O)cc1. The smallest absolute Gasteiger partial charge is 0.280 e. The predicted octanol–water partition coefficient (Wildman–Crippen LogP) is 2.75. The Morgan fingerprint density at radius 2 is 1.48 bits per heavy atom. The van der Waals surface area contributed by atoms with Crippen molar-refractivity contribution in [1.82, 2.24) is 19.5 Å². The summed E-state index contributed by atoms with van der Waals surface area (Å²) in [5.41, 5.74) is -0.0232. The molecule has 0 bridgehead atoms. The highest BCUT2D eigenvalue weighted by Gasteiger charge is 2.55.